The van der Waals surface area contributed by atoms with Gasteiger partial charge in [-0.2, -0.15) is 0 Å². The average Bonchev–Trinajstić information content (AvgIpc) is 3.53. The van der Waals surface area contributed by atoms with Gasteiger partial charge in [0.15, 0.2) is 5.16 Å². The van der Waals surface area contributed by atoms with Crippen molar-refractivity contribution in [2.75, 3.05) is 22.9 Å². The minimum atomic E-state index is -0.280. The molecule has 0 aliphatic carbocycles. The van der Waals surface area contributed by atoms with E-state index in [9.17, 15) is 4.79 Å². The summed E-state index contributed by atoms with van der Waals surface area (Å²) in [4.78, 5) is 17.7. The molecule has 4 heterocycles. The Labute approximate surface area is 192 Å². The lowest BCUT2D eigenvalue weighted by atomic mass is 10.1. The normalized spacial score (nSPS) is 19.2. The van der Waals surface area contributed by atoms with Crippen LogP contribution in [0.2, 0.25) is 0 Å². The van der Waals surface area contributed by atoms with Crippen molar-refractivity contribution >= 4 is 29.3 Å². The third-order valence-corrected chi connectivity index (χ3v) is 7.37. The van der Waals surface area contributed by atoms with Crippen LogP contribution in [0.4, 0.5) is 11.6 Å². The zero-order valence-electron chi connectivity index (χ0n) is 18.6. The molecule has 2 aromatic heterocycles. The van der Waals surface area contributed by atoms with Crippen LogP contribution in [0.3, 0.4) is 0 Å². The monoisotopic (exact) mass is 451 g/mol. The van der Waals surface area contributed by atoms with Crippen molar-refractivity contribution in [2.24, 2.45) is 0 Å². The molecule has 2 atom stereocenters. The molecular formula is C24H29N5O2S. The molecule has 0 spiro atoms. The number of carbonyl (C=O) groups excluding carboxylic acids is 1. The van der Waals surface area contributed by atoms with Gasteiger partial charge in [0.2, 0.25) is 11.9 Å². The van der Waals surface area contributed by atoms with Crippen LogP contribution in [0.5, 0.6) is 0 Å². The molecule has 0 bridgehead atoms. The van der Waals surface area contributed by atoms with Crippen LogP contribution in [-0.4, -0.2) is 45.1 Å². The topological polar surface area (TPSA) is 67.4 Å². The summed E-state index contributed by atoms with van der Waals surface area (Å²) >= 11 is 1.48. The maximum atomic E-state index is 13.5. The van der Waals surface area contributed by atoms with Crippen molar-refractivity contribution in [3.63, 3.8) is 0 Å². The van der Waals surface area contributed by atoms with Crippen LogP contribution in [0.1, 0.15) is 44.4 Å². The smallest absolute Gasteiger partial charge is 0.240 e. The number of para-hydroxylation sites is 1. The van der Waals surface area contributed by atoms with Crippen LogP contribution in [0.15, 0.2) is 52.2 Å². The first-order chi connectivity index (χ1) is 15.6. The fourth-order valence-corrected chi connectivity index (χ4v) is 5.59. The van der Waals surface area contributed by atoms with Crippen molar-refractivity contribution in [2.45, 2.75) is 62.5 Å². The quantitative estimate of drug-likeness (QED) is 0.519. The molecule has 0 unspecified atom stereocenters. The highest BCUT2D eigenvalue weighted by Gasteiger charge is 2.34. The van der Waals surface area contributed by atoms with Crippen LogP contribution in [0, 0.1) is 0 Å². The number of rotatable bonds is 6. The lowest BCUT2D eigenvalue weighted by molar-refractivity contribution is -0.118. The van der Waals surface area contributed by atoms with Crippen molar-refractivity contribution in [3.8, 4) is 0 Å². The first-order valence-electron chi connectivity index (χ1n) is 11.4. The second-order valence-electron chi connectivity index (χ2n) is 8.65. The highest BCUT2D eigenvalue weighted by Crippen LogP contribution is 2.35. The fraction of sp³-hybridized carbons (Fsp3) is 0.458. The third kappa shape index (κ3) is 4.03. The zero-order valence-corrected chi connectivity index (χ0v) is 19.4. The molecule has 1 aromatic carbocycles. The molecule has 0 N–H and O–H groups in total. The van der Waals surface area contributed by atoms with E-state index in [0.29, 0.717) is 6.54 Å². The summed E-state index contributed by atoms with van der Waals surface area (Å²) in [7, 11) is 0. The summed E-state index contributed by atoms with van der Waals surface area (Å²) < 4.78 is 7.71. The Hall–Kier alpha value is -2.74. The molecule has 5 rings (SSSR count). The van der Waals surface area contributed by atoms with Gasteiger partial charge in [0.25, 0.3) is 0 Å². The first kappa shape index (κ1) is 21.1. The standard InChI is InChI=1S/C24H29N5O2S/c1-17-15-19-9-4-5-11-21(19)29(17)22(30)18(2)32-24-26-25-23(27-12-6-3-7-13-27)28(24)16-20-10-8-14-31-20/h4-5,8-11,14,17-18H,3,6-7,12-13,15-16H2,1-2H3/t17-,18+/m0/s1. The molecule has 32 heavy (non-hydrogen) atoms. The number of nitrogens with zero attached hydrogens (tertiary/aromatic N) is 5. The van der Waals surface area contributed by atoms with Crippen molar-refractivity contribution in [1.29, 1.82) is 0 Å². The molecule has 1 amide bonds. The number of aromatic nitrogens is 3. The number of hydrogen-bond acceptors (Lipinski definition) is 6. The number of piperidine rings is 1. The minimum Gasteiger partial charge on any atom is -0.467 e. The molecular weight excluding hydrogens is 422 g/mol. The number of carbonyl (C=O) groups is 1. The van der Waals surface area contributed by atoms with Gasteiger partial charge in [0.05, 0.1) is 18.1 Å². The predicted molar refractivity (Wildman–Crippen MR) is 126 cm³/mol. The molecule has 1 saturated heterocycles. The van der Waals surface area contributed by atoms with E-state index in [2.05, 4.69) is 32.7 Å². The lowest BCUT2D eigenvalue weighted by Crippen LogP contribution is -2.40. The van der Waals surface area contributed by atoms with E-state index in [1.165, 1.54) is 23.7 Å². The summed E-state index contributed by atoms with van der Waals surface area (Å²) in [5.74, 6) is 1.83. The van der Waals surface area contributed by atoms with Gasteiger partial charge in [-0.25, -0.2) is 0 Å². The summed E-state index contributed by atoms with van der Waals surface area (Å²) in [5, 5.41) is 9.51. The van der Waals surface area contributed by atoms with Gasteiger partial charge in [-0.1, -0.05) is 30.0 Å². The molecule has 0 saturated carbocycles. The number of fused-ring (bicyclic) bond motifs is 1. The van der Waals surface area contributed by atoms with E-state index < -0.39 is 0 Å². The highest BCUT2D eigenvalue weighted by molar-refractivity contribution is 8.00. The van der Waals surface area contributed by atoms with E-state index >= 15 is 0 Å². The van der Waals surface area contributed by atoms with Gasteiger partial charge in [-0.15, -0.1) is 10.2 Å². The zero-order chi connectivity index (χ0) is 22.1. The lowest BCUT2D eigenvalue weighted by Gasteiger charge is -2.28. The summed E-state index contributed by atoms with van der Waals surface area (Å²) in [6.45, 7) is 6.60. The molecule has 1 fully saturated rings. The molecule has 168 valence electrons. The number of hydrogen-bond donors (Lipinski definition) is 0. The number of furan rings is 1. The third-order valence-electron chi connectivity index (χ3n) is 6.30. The fourth-order valence-electron chi connectivity index (χ4n) is 4.70. The molecule has 3 aromatic rings. The second-order valence-corrected chi connectivity index (χ2v) is 9.95. The van der Waals surface area contributed by atoms with E-state index in [4.69, 9.17) is 4.42 Å². The second kappa shape index (κ2) is 9.02. The number of benzene rings is 1. The van der Waals surface area contributed by atoms with Gasteiger partial charge >= 0.3 is 0 Å². The predicted octanol–water partition coefficient (Wildman–Crippen LogP) is 4.37. The number of anilines is 2. The Balaban J connectivity index is 1.39. The Morgan fingerprint density at radius 2 is 1.97 bits per heavy atom. The summed E-state index contributed by atoms with van der Waals surface area (Å²) in [6, 6.07) is 12.2. The van der Waals surface area contributed by atoms with Gasteiger partial charge in [0.1, 0.15) is 5.76 Å². The van der Waals surface area contributed by atoms with E-state index in [1.54, 1.807) is 6.26 Å². The van der Waals surface area contributed by atoms with E-state index in [0.717, 1.165) is 54.9 Å². The van der Waals surface area contributed by atoms with Crippen molar-refractivity contribution in [1.82, 2.24) is 14.8 Å². The highest BCUT2D eigenvalue weighted by atomic mass is 32.2. The van der Waals surface area contributed by atoms with Crippen molar-refractivity contribution in [3.05, 3.63) is 54.0 Å². The largest absolute Gasteiger partial charge is 0.467 e. The molecule has 2 aliphatic heterocycles. The Morgan fingerprint density at radius 1 is 1.16 bits per heavy atom. The van der Waals surface area contributed by atoms with E-state index in [1.807, 2.05) is 42.2 Å². The summed E-state index contributed by atoms with van der Waals surface area (Å²) in [5.41, 5.74) is 2.27. The van der Waals surface area contributed by atoms with E-state index in [-0.39, 0.29) is 17.2 Å². The Morgan fingerprint density at radius 3 is 2.75 bits per heavy atom. The van der Waals surface area contributed by atoms with Crippen LogP contribution >= 0.6 is 11.8 Å². The van der Waals surface area contributed by atoms with Crippen LogP contribution in [0.25, 0.3) is 0 Å². The van der Waals surface area contributed by atoms with Crippen LogP contribution < -0.4 is 9.80 Å². The first-order valence-corrected chi connectivity index (χ1v) is 12.3. The average molecular weight is 452 g/mol. The van der Waals surface area contributed by atoms with Crippen molar-refractivity contribution < 1.29 is 9.21 Å². The maximum absolute atomic E-state index is 13.5. The number of amides is 1. The van der Waals surface area contributed by atoms with Gasteiger partial charge < -0.3 is 14.2 Å². The van der Waals surface area contributed by atoms with Gasteiger partial charge in [-0.3, -0.25) is 9.36 Å². The van der Waals surface area contributed by atoms with Crippen LogP contribution in [-0.2, 0) is 17.8 Å². The molecule has 8 heteroatoms. The number of thioether (sulfide) groups is 1. The van der Waals surface area contributed by atoms with Gasteiger partial charge in [0, 0.05) is 24.8 Å². The SMILES string of the molecule is C[C@@H](Sc1nnc(N2CCCCC2)n1Cc1ccco1)C(=O)N1c2ccccc2C[C@@H]1C. The summed E-state index contributed by atoms with van der Waals surface area (Å²) in [6.07, 6.45) is 6.17. The molecule has 7 nitrogen and oxygen atoms in total. The Kier molecular flexibility index (Phi) is 5.95. The Bertz CT molecular complexity index is 1070. The molecule has 2 aliphatic rings. The minimum absolute atomic E-state index is 0.111. The molecule has 0 radical (unpaired) electrons. The maximum Gasteiger partial charge on any atom is 0.240 e. The van der Waals surface area contributed by atoms with Gasteiger partial charge in [-0.05, 0) is 63.3 Å².